The summed E-state index contributed by atoms with van der Waals surface area (Å²) in [6.45, 7) is 0.632. The van der Waals surface area contributed by atoms with Crippen LogP contribution in [0.5, 0.6) is 0 Å². The van der Waals surface area contributed by atoms with Gasteiger partial charge in [-0.15, -0.1) is 11.3 Å². The van der Waals surface area contributed by atoms with Crippen LogP contribution < -0.4 is 0 Å². The molecule has 1 aliphatic rings. The zero-order valence-electron chi connectivity index (χ0n) is 13.8. The second-order valence-electron chi connectivity index (χ2n) is 5.97. The van der Waals surface area contributed by atoms with Gasteiger partial charge in [-0.1, -0.05) is 11.2 Å². The van der Waals surface area contributed by atoms with Gasteiger partial charge < -0.3 is 14.3 Å². The lowest BCUT2D eigenvalue weighted by Crippen LogP contribution is -2.45. The van der Waals surface area contributed by atoms with E-state index in [2.05, 4.69) is 10.1 Å². The van der Waals surface area contributed by atoms with Crippen LogP contribution >= 0.6 is 11.3 Å². The Kier molecular flexibility index (Phi) is 4.94. The second kappa shape index (κ2) is 7.12. The smallest absolute Gasteiger partial charge is 0.244 e. The topological polar surface area (TPSA) is 79.5 Å². The molecule has 0 bridgehead atoms. The number of carbonyl (C=O) groups excluding carboxylic acids is 2. The van der Waals surface area contributed by atoms with E-state index < -0.39 is 0 Å². The third-order valence-electron chi connectivity index (χ3n) is 4.06. The van der Waals surface area contributed by atoms with Gasteiger partial charge in [-0.3, -0.25) is 9.59 Å². The Hall–Kier alpha value is -2.22. The Bertz CT molecular complexity index is 711. The summed E-state index contributed by atoms with van der Waals surface area (Å²) < 4.78 is 5.21. The Morgan fingerprint density at radius 2 is 2.29 bits per heavy atom. The van der Waals surface area contributed by atoms with Crippen LogP contribution in [0.1, 0.15) is 25.2 Å². The first kappa shape index (κ1) is 16.6. The minimum atomic E-state index is -0.336. The van der Waals surface area contributed by atoms with Crippen molar-refractivity contribution in [3.05, 3.63) is 23.4 Å². The molecule has 3 rings (SSSR count). The summed E-state index contributed by atoms with van der Waals surface area (Å²) in [5, 5.41) is 5.89. The van der Waals surface area contributed by atoms with E-state index in [9.17, 15) is 9.59 Å². The molecule has 1 unspecified atom stereocenters. The van der Waals surface area contributed by atoms with Crippen molar-refractivity contribution in [2.45, 2.75) is 31.7 Å². The predicted molar refractivity (Wildman–Crippen MR) is 89.4 cm³/mol. The van der Waals surface area contributed by atoms with Crippen LogP contribution in [0.4, 0.5) is 0 Å². The number of rotatable bonds is 5. The molecule has 0 N–H and O–H groups in total. The van der Waals surface area contributed by atoms with Gasteiger partial charge >= 0.3 is 0 Å². The highest BCUT2D eigenvalue weighted by Gasteiger charge is 2.34. The molecular weight excluding hydrogens is 328 g/mol. The monoisotopic (exact) mass is 348 g/mol. The molecule has 1 fully saturated rings. The van der Waals surface area contributed by atoms with Crippen molar-refractivity contribution in [3.8, 4) is 10.7 Å². The fourth-order valence-corrected chi connectivity index (χ4v) is 3.49. The Morgan fingerprint density at radius 3 is 3.00 bits per heavy atom. The number of nitrogens with zero attached hydrogens (tertiary/aromatic N) is 4. The lowest BCUT2D eigenvalue weighted by Gasteiger charge is -2.26. The van der Waals surface area contributed by atoms with Gasteiger partial charge in [-0.25, -0.2) is 0 Å². The normalized spacial score (nSPS) is 17.2. The molecule has 7 nitrogen and oxygen atoms in total. The molecule has 0 saturated carbocycles. The van der Waals surface area contributed by atoms with Gasteiger partial charge in [-0.2, -0.15) is 4.98 Å². The number of hydrogen-bond donors (Lipinski definition) is 0. The number of amides is 2. The van der Waals surface area contributed by atoms with E-state index in [0.717, 1.165) is 17.7 Å². The number of carbonyl (C=O) groups is 2. The molecule has 0 aromatic carbocycles. The van der Waals surface area contributed by atoms with E-state index in [-0.39, 0.29) is 24.3 Å². The van der Waals surface area contributed by atoms with Gasteiger partial charge in [-0.05, 0) is 24.3 Å². The van der Waals surface area contributed by atoms with Gasteiger partial charge in [0.1, 0.15) is 6.04 Å². The van der Waals surface area contributed by atoms with E-state index in [1.807, 2.05) is 17.5 Å². The maximum atomic E-state index is 12.5. The molecule has 128 valence electrons. The SMILES string of the molecule is CN(C)C(=O)C1CCCN1C(=O)CCc1nc(-c2cccs2)no1. The van der Waals surface area contributed by atoms with Gasteiger partial charge in [0.25, 0.3) is 0 Å². The van der Waals surface area contributed by atoms with Crippen molar-refractivity contribution in [2.75, 3.05) is 20.6 Å². The third-order valence-corrected chi connectivity index (χ3v) is 4.93. The zero-order valence-corrected chi connectivity index (χ0v) is 14.6. The Morgan fingerprint density at radius 1 is 1.46 bits per heavy atom. The average molecular weight is 348 g/mol. The van der Waals surface area contributed by atoms with Crippen molar-refractivity contribution in [3.63, 3.8) is 0 Å². The molecule has 0 radical (unpaired) electrons. The Labute approximate surface area is 144 Å². The standard InChI is InChI=1S/C16H20N4O3S/c1-19(2)16(22)11-5-3-9-20(11)14(21)8-7-13-17-15(18-23-13)12-6-4-10-24-12/h4,6,10-11H,3,5,7-9H2,1-2H3. The van der Waals surface area contributed by atoms with Crippen molar-refractivity contribution in [2.24, 2.45) is 0 Å². The molecule has 2 aromatic heterocycles. The summed E-state index contributed by atoms with van der Waals surface area (Å²) in [5.41, 5.74) is 0. The molecule has 24 heavy (non-hydrogen) atoms. The molecular formula is C16H20N4O3S. The number of likely N-dealkylation sites (tertiary alicyclic amines) is 1. The largest absolute Gasteiger partial charge is 0.347 e. The summed E-state index contributed by atoms with van der Waals surface area (Å²) in [6.07, 6.45) is 2.24. The maximum Gasteiger partial charge on any atom is 0.244 e. The highest BCUT2D eigenvalue weighted by molar-refractivity contribution is 7.13. The van der Waals surface area contributed by atoms with Crippen LogP contribution in [0.3, 0.4) is 0 Å². The Balaban J connectivity index is 1.58. The van der Waals surface area contributed by atoms with Crippen molar-refractivity contribution in [1.29, 1.82) is 0 Å². The van der Waals surface area contributed by atoms with E-state index in [1.165, 1.54) is 11.3 Å². The minimum absolute atomic E-state index is 0.0152. The molecule has 0 spiro atoms. The number of likely N-dealkylation sites (N-methyl/N-ethyl adjacent to an activating group) is 1. The van der Waals surface area contributed by atoms with E-state index in [1.54, 1.807) is 23.9 Å². The van der Waals surface area contributed by atoms with Crippen molar-refractivity contribution < 1.29 is 14.1 Å². The minimum Gasteiger partial charge on any atom is -0.347 e. The van der Waals surface area contributed by atoms with Crippen molar-refractivity contribution >= 4 is 23.2 Å². The fourth-order valence-electron chi connectivity index (χ4n) is 2.84. The molecule has 1 atom stereocenters. The van der Waals surface area contributed by atoms with E-state index in [4.69, 9.17) is 4.52 Å². The fraction of sp³-hybridized carbons (Fsp3) is 0.500. The van der Waals surface area contributed by atoms with E-state index >= 15 is 0 Å². The molecule has 2 aromatic rings. The zero-order chi connectivity index (χ0) is 17.1. The first-order valence-corrected chi connectivity index (χ1v) is 8.81. The molecule has 3 heterocycles. The highest BCUT2D eigenvalue weighted by Crippen LogP contribution is 2.23. The van der Waals surface area contributed by atoms with E-state index in [0.29, 0.717) is 24.7 Å². The number of aryl methyl sites for hydroxylation is 1. The highest BCUT2D eigenvalue weighted by atomic mass is 32.1. The summed E-state index contributed by atoms with van der Waals surface area (Å²) in [7, 11) is 3.43. The molecule has 2 amide bonds. The van der Waals surface area contributed by atoms with Crippen LogP contribution in [0.2, 0.25) is 0 Å². The first-order chi connectivity index (χ1) is 11.6. The number of aromatic nitrogens is 2. The van der Waals surface area contributed by atoms with Crippen molar-refractivity contribution in [1.82, 2.24) is 19.9 Å². The van der Waals surface area contributed by atoms with Crippen LogP contribution in [0.15, 0.2) is 22.0 Å². The molecule has 1 saturated heterocycles. The summed E-state index contributed by atoms with van der Waals surface area (Å²) >= 11 is 1.54. The van der Waals surface area contributed by atoms with Crippen LogP contribution in [-0.2, 0) is 16.0 Å². The summed E-state index contributed by atoms with van der Waals surface area (Å²) in [4.78, 5) is 33.1. The van der Waals surface area contributed by atoms with Gasteiger partial charge in [0, 0.05) is 33.5 Å². The number of thiophene rings is 1. The molecule has 1 aliphatic heterocycles. The first-order valence-electron chi connectivity index (χ1n) is 7.93. The lowest BCUT2D eigenvalue weighted by molar-refractivity contribution is -0.142. The second-order valence-corrected chi connectivity index (χ2v) is 6.91. The number of hydrogen-bond acceptors (Lipinski definition) is 6. The van der Waals surface area contributed by atoms with Crippen LogP contribution in [0.25, 0.3) is 10.7 Å². The average Bonchev–Trinajstić information content (AvgIpc) is 3.32. The summed E-state index contributed by atoms with van der Waals surface area (Å²) in [6, 6.07) is 3.51. The van der Waals surface area contributed by atoms with Gasteiger partial charge in [0.05, 0.1) is 4.88 Å². The molecule has 8 heteroatoms. The van der Waals surface area contributed by atoms with Crippen LogP contribution in [-0.4, -0.2) is 58.4 Å². The third kappa shape index (κ3) is 3.48. The maximum absolute atomic E-state index is 12.5. The van der Waals surface area contributed by atoms with Crippen LogP contribution in [0, 0.1) is 0 Å². The lowest BCUT2D eigenvalue weighted by atomic mass is 10.2. The van der Waals surface area contributed by atoms with Gasteiger partial charge in [0.2, 0.25) is 23.5 Å². The predicted octanol–water partition coefficient (Wildman–Crippen LogP) is 1.81. The molecule has 0 aliphatic carbocycles. The quantitative estimate of drug-likeness (QED) is 0.823. The van der Waals surface area contributed by atoms with Gasteiger partial charge in [0.15, 0.2) is 0 Å². The summed E-state index contributed by atoms with van der Waals surface area (Å²) in [5.74, 6) is 0.943.